The monoisotopic (exact) mass is 284 g/mol. The van der Waals surface area contributed by atoms with Crippen molar-refractivity contribution >= 4 is 15.9 Å². The summed E-state index contributed by atoms with van der Waals surface area (Å²) in [5.41, 5.74) is 0.857. The number of nitrogens with one attached hydrogen (secondary N) is 1. The van der Waals surface area contributed by atoms with E-state index in [1.807, 2.05) is 12.1 Å². The van der Waals surface area contributed by atoms with Crippen LogP contribution in [0.4, 0.5) is 0 Å². The summed E-state index contributed by atoms with van der Waals surface area (Å²) in [4.78, 5) is 4.17. The average molecular weight is 285 g/mol. The molecule has 0 aliphatic heterocycles. The van der Waals surface area contributed by atoms with Crippen molar-refractivity contribution in [3.63, 3.8) is 0 Å². The van der Waals surface area contributed by atoms with E-state index in [2.05, 4.69) is 40.1 Å². The molecule has 0 amide bonds. The normalized spacial score (nSPS) is 11.2. The molecule has 0 fully saturated rings. The second-order valence-electron chi connectivity index (χ2n) is 3.77. The van der Waals surface area contributed by atoms with Crippen LogP contribution in [0.1, 0.15) is 19.5 Å². The summed E-state index contributed by atoms with van der Waals surface area (Å²) < 4.78 is 11.4. The van der Waals surface area contributed by atoms with E-state index in [1.165, 1.54) is 6.39 Å². The van der Waals surface area contributed by atoms with Gasteiger partial charge in [-0.3, -0.25) is 0 Å². The molecule has 5 heteroatoms. The van der Waals surface area contributed by atoms with Crippen LogP contribution in [0.25, 0.3) is 11.5 Å². The Morgan fingerprint density at radius 1 is 1.44 bits per heavy atom. The third-order valence-electron chi connectivity index (χ3n) is 2.12. The molecule has 0 unspecified atom stereocenters. The van der Waals surface area contributed by atoms with Crippen LogP contribution in [0.15, 0.2) is 32.0 Å². The van der Waals surface area contributed by atoms with Crippen molar-refractivity contribution in [2.45, 2.75) is 26.4 Å². The molecule has 2 heterocycles. The van der Waals surface area contributed by atoms with E-state index in [-0.39, 0.29) is 0 Å². The van der Waals surface area contributed by atoms with Gasteiger partial charge in [0.1, 0.15) is 5.69 Å². The Hall–Kier alpha value is -1.07. The molecule has 2 rings (SSSR count). The maximum absolute atomic E-state index is 5.43. The molecular formula is C11H13BrN2O2. The largest absolute Gasteiger partial charge is 0.446 e. The number of hydrogen-bond donors (Lipinski definition) is 1. The molecular weight excluding hydrogens is 272 g/mol. The number of nitrogens with zero attached hydrogens (tertiary/aromatic N) is 1. The Morgan fingerprint density at radius 2 is 2.25 bits per heavy atom. The number of oxazole rings is 1. The molecule has 86 valence electrons. The number of aromatic nitrogens is 1. The zero-order chi connectivity index (χ0) is 11.5. The summed E-state index contributed by atoms with van der Waals surface area (Å²) in [5.74, 6) is 1.36. The van der Waals surface area contributed by atoms with Gasteiger partial charge < -0.3 is 14.2 Å². The van der Waals surface area contributed by atoms with E-state index in [4.69, 9.17) is 8.83 Å². The highest BCUT2D eigenvalue weighted by atomic mass is 79.9. The Labute approximate surface area is 102 Å². The highest BCUT2D eigenvalue weighted by molar-refractivity contribution is 9.10. The van der Waals surface area contributed by atoms with Crippen molar-refractivity contribution in [2.24, 2.45) is 0 Å². The van der Waals surface area contributed by atoms with Crippen LogP contribution in [-0.2, 0) is 6.54 Å². The number of halogens is 1. The third kappa shape index (κ3) is 2.54. The van der Waals surface area contributed by atoms with Crippen molar-refractivity contribution in [1.82, 2.24) is 10.3 Å². The minimum absolute atomic E-state index is 0.410. The second kappa shape index (κ2) is 4.84. The van der Waals surface area contributed by atoms with E-state index in [0.717, 1.165) is 5.69 Å². The molecule has 0 atom stereocenters. The van der Waals surface area contributed by atoms with Gasteiger partial charge in [-0.1, -0.05) is 13.8 Å². The van der Waals surface area contributed by atoms with Gasteiger partial charge in [-0.15, -0.1) is 0 Å². The minimum Gasteiger partial charge on any atom is -0.446 e. The lowest BCUT2D eigenvalue weighted by Crippen LogP contribution is -2.22. The highest BCUT2D eigenvalue weighted by Gasteiger charge is 2.14. The molecule has 0 spiro atoms. The lowest BCUT2D eigenvalue weighted by Gasteiger charge is -2.05. The van der Waals surface area contributed by atoms with E-state index in [1.54, 1.807) is 0 Å². The van der Waals surface area contributed by atoms with Crippen LogP contribution in [0.3, 0.4) is 0 Å². The van der Waals surface area contributed by atoms with E-state index >= 15 is 0 Å². The summed E-state index contributed by atoms with van der Waals surface area (Å²) in [7, 11) is 0. The van der Waals surface area contributed by atoms with Crippen LogP contribution >= 0.6 is 15.9 Å². The van der Waals surface area contributed by atoms with Gasteiger partial charge in [0.15, 0.2) is 22.6 Å². The fourth-order valence-corrected chi connectivity index (χ4v) is 1.64. The molecule has 0 aliphatic carbocycles. The molecule has 4 nitrogen and oxygen atoms in total. The van der Waals surface area contributed by atoms with Gasteiger partial charge in [-0.25, -0.2) is 4.98 Å². The Balaban J connectivity index is 2.19. The molecule has 0 bridgehead atoms. The van der Waals surface area contributed by atoms with Crippen LogP contribution in [0.5, 0.6) is 0 Å². The fraction of sp³-hybridized carbons (Fsp3) is 0.364. The first-order valence-electron chi connectivity index (χ1n) is 5.08. The Bertz CT molecular complexity index is 462. The number of rotatable bonds is 4. The third-order valence-corrected chi connectivity index (χ3v) is 2.54. The van der Waals surface area contributed by atoms with Crippen LogP contribution in [0, 0.1) is 0 Å². The summed E-state index contributed by atoms with van der Waals surface area (Å²) in [6.07, 6.45) is 1.43. The Kier molecular flexibility index (Phi) is 3.46. The van der Waals surface area contributed by atoms with Crippen LogP contribution < -0.4 is 5.32 Å². The molecule has 16 heavy (non-hydrogen) atoms. The van der Waals surface area contributed by atoms with Crippen LogP contribution in [-0.4, -0.2) is 11.0 Å². The number of furan rings is 1. The van der Waals surface area contributed by atoms with Crippen molar-refractivity contribution in [1.29, 1.82) is 0 Å². The summed E-state index contributed by atoms with van der Waals surface area (Å²) in [6, 6.07) is 4.09. The molecule has 2 aromatic rings. The fourth-order valence-electron chi connectivity index (χ4n) is 1.33. The van der Waals surface area contributed by atoms with Gasteiger partial charge in [-0.05, 0) is 28.1 Å². The van der Waals surface area contributed by atoms with Crippen molar-refractivity contribution in [2.75, 3.05) is 0 Å². The maximum Gasteiger partial charge on any atom is 0.194 e. The lowest BCUT2D eigenvalue weighted by atomic mass is 10.2. The first-order valence-corrected chi connectivity index (χ1v) is 5.87. The second-order valence-corrected chi connectivity index (χ2v) is 4.55. The van der Waals surface area contributed by atoms with Crippen molar-refractivity contribution < 1.29 is 8.83 Å². The van der Waals surface area contributed by atoms with Gasteiger partial charge in [-0.2, -0.15) is 0 Å². The molecule has 1 N–H and O–H groups in total. The zero-order valence-corrected chi connectivity index (χ0v) is 10.7. The van der Waals surface area contributed by atoms with Gasteiger partial charge in [0.05, 0.1) is 0 Å². The van der Waals surface area contributed by atoms with Gasteiger partial charge in [0, 0.05) is 12.6 Å². The van der Waals surface area contributed by atoms with E-state index in [9.17, 15) is 0 Å². The summed E-state index contributed by atoms with van der Waals surface area (Å²) in [6.45, 7) is 4.84. The quantitative estimate of drug-likeness (QED) is 0.937. The first kappa shape index (κ1) is 11.4. The maximum atomic E-state index is 5.43. The molecule has 0 aromatic carbocycles. The standard InChI is InChI=1S/C11H13BrN2O2/c1-7(2)13-5-8-11(15-6-14-8)9-3-4-10(12)16-9/h3-4,6-7,13H,5H2,1-2H3. The van der Waals surface area contributed by atoms with Crippen LogP contribution in [0.2, 0.25) is 0 Å². The van der Waals surface area contributed by atoms with Crippen molar-refractivity contribution in [3.8, 4) is 11.5 Å². The first-order chi connectivity index (χ1) is 7.66. The van der Waals surface area contributed by atoms with Gasteiger partial charge in [0.2, 0.25) is 0 Å². The zero-order valence-electron chi connectivity index (χ0n) is 9.16. The smallest absolute Gasteiger partial charge is 0.194 e. The molecule has 0 aliphatic rings. The van der Waals surface area contributed by atoms with E-state index in [0.29, 0.717) is 28.8 Å². The van der Waals surface area contributed by atoms with Gasteiger partial charge in [0.25, 0.3) is 0 Å². The highest BCUT2D eigenvalue weighted by Crippen LogP contribution is 2.27. The summed E-state index contributed by atoms with van der Waals surface area (Å²) in [5, 5.41) is 3.29. The molecule has 0 saturated heterocycles. The minimum atomic E-state index is 0.410. The molecule has 0 saturated carbocycles. The average Bonchev–Trinajstić information content (AvgIpc) is 2.82. The lowest BCUT2D eigenvalue weighted by molar-refractivity contribution is 0.504. The van der Waals surface area contributed by atoms with Crippen molar-refractivity contribution in [3.05, 3.63) is 28.9 Å². The van der Waals surface area contributed by atoms with E-state index < -0.39 is 0 Å². The predicted octanol–water partition coefficient (Wildman–Crippen LogP) is 3.20. The SMILES string of the molecule is CC(C)NCc1ncoc1-c1ccc(Br)o1. The topological polar surface area (TPSA) is 51.2 Å². The number of hydrogen-bond acceptors (Lipinski definition) is 4. The summed E-state index contributed by atoms with van der Waals surface area (Å²) >= 11 is 3.26. The molecule has 0 radical (unpaired) electrons. The Morgan fingerprint density at radius 3 is 2.88 bits per heavy atom. The van der Waals surface area contributed by atoms with Gasteiger partial charge >= 0.3 is 0 Å². The predicted molar refractivity (Wildman–Crippen MR) is 63.9 cm³/mol. The molecule has 2 aromatic heterocycles.